The Kier molecular flexibility index (Phi) is 9.16. The highest BCUT2D eigenvalue weighted by Crippen LogP contribution is 1.98. The summed E-state index contributed by atoms with van der Waals surface area (Å²) in [5.74, 6) is -0.584. The van der Waals surface area contributed by atoms with E-state index in [1.165, 1.54) is 23.9 Å². The van der Waals surface area contributed by atoms with Gasteiger partial charge in [0.2, 0.25) is 5.91 Å². The lowest BCUT2D eigenvalue weighted by Crippen LogP contribution is -2.42. The second-order valence-corrected chi connectivity index (χ2v) is 5.30. The Morgan fingerprint density at radius 3 is 2.14 bits per heavy atom. The maximum Gasteiger partial charge on any atom is 0.409 e. The SMILES string of the molecule is CCCOC(=O)CN(C)C(=O)CN(C)C(=O)OCC(C)C. The van der Waals surface area contributed by atoms with Crippen LogP contribution in [0.1, 0.15) is 27.2 Å². The molecule has 122 valence electrons. The molecule has 0 N–H and O–H groups in total. The Morgan fingerprint density at radius 1 is 1.00 bits per heavy atom. The molecule has 7 heteroatoms. The lowest BCUT2D eigenvalue weighted by molar-refractivity contribution is -0.148. The van der Waals surface area contributed by atoms with Crippen LogP contribution in [-0.4, -0.2) is 68.2 Å². The second-order valence-electron chi connectivity index (χ2n) is 5.30. The molecule has 0 aliphatic rings. The molecule has 0 aromatic rings. The zero-order valence-corrected chi connectivity index (χ0v) is 13.5. The Labute approximate surface area is 126 Å². The first-order valence-corrected chi connectivity index (χ1v) is 7.05. The number of hydrogen-bond acceptors (Lipinski definition) is 5. The van der Waals surface area contributed by atoms with Crippen molar-refractivity contribution in [3.8, 4) is 0 Å². The molecule has 0 unspecified atom stereocenters. The van der Waals surface area contributed by atoms with E-state index in [-0.39, 0.29) is 24.9 Å². The van der Waals surface area contributed by atoms with Crippen LogP contribution in [0.3, 0.4) is 0 Å². The van der Waals surface area contributed by atoms with E-state index in [4.69, 9.17) is 9.47 Å². The van der Waals surface area contributed by atoms with Crippen molar-refractivity contribution in [1.29, 1.82) is 0 Å². The van der Waals surface area contributed by atoms with Gasteiger partial charge in [-0.15, -0.1) is 0 Å². The molecular weight excluding hydrogens is 276 g/mol. The molecule has 0 saturated carbocycles. The van der Waals surface area contributed by atoms with Gasteiger partial charge in [0, 0.05) is 14.1 Å². The summed E-state index contributed by atoms with van der Waals surface area (Å²) in [6, 6.07) is 0. The lowest BCUT2D eigenvalue weighted by atomic mass is 10.2. The van der Waals surface area contributed by atoms with Crippen molar-refractivity contribution in [2.75, 3.05) is 40.4 Å². The van der Waals surface area contributed by atoms with Crippen LogP contribution in [0.25, 0.3) is 0 Å². The molecule has 0 aliphatic carbocycles. The third-order valence-electron chi connectivity index (χ3n) is 2.48. The maximum atomic E-state index is 11.9. The molecule has 0 aromatic carbocycles. The zero-order chi connectivity index (χ0) is 16.4. The first-order chi connectivity index (χ1) is 9.77. The lowest BCUT2D eigenvalue weighted by Gasteiger charge is -2.21. The van der Waals surface area contributed by atoms with Gasteiger partial charge in [0.05, 0.1) is 13.2 Å². The fourth-order valence-electron chi connectivity index (χ4n) is 1.28. The van der Waals surface area contributed by atoms with Gasteiger partial charge in [-0.1, -0.05) is 20.8 Å². The molecule has 0 atom stereocenters. The van der Waals surface area contributed by atoms with Crippen molar-refractivity contribution >= 4 is 18.0 Å². The Morgan fingerprint density at radius 2 is 1.62 bits per heavy atom. The smallest absolute Gasteiger partial charge is 0.409 e. The number of carbonyl (C=O) groups excluding carboxylic acids is 3. The number of esters is 1. The van der Waals surface area contributed by atoms with Gasteiger partial charge >= 0.3 is 12.1 Å². The molecule has 0 bridgehead atoms. The van der Waals surface area contributed by atoms with Gasteiger partial charge in [0.15, 0.2) is 0 Å². The minimum atomic E-state index is -0.556. The summed E-state index contributed by atoms with van der Waals surface area (Å²) in [6.07, 6.45) is 0.174. The van der Waals surface area contributed by atoms with Gasteiger partial charge < -0.3 is 19.3 Å². The van der Waals surface area contributed by atoms with Crippen LogP contribution in [-0.2, 0) is 19.1 Å². The molecular formula is C14H26N2O5. The molecule has 0 aliphatic heterocycles. The molecule has 0 rings (SSSR count). The number of amides is 2. The largest absolute Gasteiger partial charge is 0.464 e. The van der Waals surface area contributed by atoms with Crippen molar-refractivity contribution in [3.63, 3.8) is 0 Å². The molecule has 21 heavy (non-hydrogen) atoms. The Bertz CT molecular complexity index is 357. The highest BCUT2D eigenvalue weighted by Gasteiger charge is 2.19. The van der Waals surface area contributed by atoms with Crippen molar-refractivity contribution in [3.05, 3.63) is 0 Å². The van der Waals surface area contributed by atoms with Crippen molar-refractivity contribution in [2.24, 2.45) is 5.92 Å². The molecule has 0 heterocycles. The van der Waals surface area contributed by atoms with Crippen LogP contribution in [0, 0.1) is 5.92 Å². The Balaban J connectivity index is 4.15. The fraction of sp³-hybridized carbons (Fsp3) is 0.786. The molecule has 0 saturated heterocycles. The van der Waals surface area contributed by atoms with E-state index < -0.39 is 12.1 Å². The third kappa shape index (κ3) is 8.88. The third-order valence-corrected chi connectivity index (χ3v) is 2.48. The minimum absolute atomic E-state index is 0.131. The summed E-state index contributed by atoms with van der Waals surface area (Å²) in [5.41, 5.74) is 0. The van der Waals surface area contributed by atoms with E-state index in [2.05, 4.69) is 0 Å². The highest BCUT2D eigenvalue weighted by molar-refractivity contribution is 5.85. The number of rotatable bonds is 8. The van der Waals surface area contributed by atoms with Gasteiger partial charge in [-0.25, -0.2) is 4.79 Å². The molecule has 0 radical (unpaired) electrons. The quantitative estimate of drug-likeness (QED) is 0.628. The van der Waals surface area contributed by atoms with Crippen molar-refractivity contribution < 1.29 is 23.9 Å². The predicted molar refractivity (Wildman–Crippen MR) is 77.7 cm³/mol. The van der Waals surface area contributed by atoms with Crippen LogP contribution in [0.4, 0.5) is 4.79 Å². The number of carbonyl (C=O) groups is 3. The average Bonchev–Trinajstić information content (AvgIpc) is 2.41. The second kappa shape index (κ2) is 10.0. The molecule has 0 spiro atoms. The zero-order valence-electron chi connectivity index (χ0n) is 13.5. The number of likely N-dealkylation sites (N-methyl/N-ethyl adjacent to an activating group) is 2. The van der Waals surface area contributed by atoms with E-state index in [0.29, 0.717) is 13.2 Å². The number of hydrogen-bond donors (Lipinski definition) is 0. The first kappa shape index (κ1) is 19.2. The first-order valence-electron chi connectivity index (χ1n) is 7.05. The van der Waals surface area contributed by atoms with E-state index in [9.17, 15) is 14.4 Å². The van der Waals surface area contributed by atoms with E-state index in [0.717, 1.165) is 6.42 Å². The normalized spacial score (nSPS) is 10.2. The Hall–Kier alpha value is -1.79. The summed E-state index contributed by atoms with van der Waals surface area (Å²) in [5, 5.41) is 0. The van der Waals surface area contributed by atoms with Crippen molar-refractivity contribution in [1.82, 2.24) is 9.80 Å². The predicted octanol–water partition coefficient (Wildman–Crippen LogP) is 1.12. The van der Waals surface area contributed by atoms with Crippen LogP contribution >= 0.6 is 0 Å². The van der Waals surface area contributed by atoms with Crippen LogP contribution < -0.4 is 0 Å². The number of nitrogens with zero attached hydrogens (tertiary/aromatic N) is 2. The van der Waals surface area contributed by atoms with Crippen molar-refractivity contribution in [2.45, 2.75) is 27.2 Å². The van der Waals surface area contributed by atoms with E-state index in [1.807, 2.05) is 20.8 Å². The monoisotopic (exact) mass is 302 g/mol. The molecule has 0 aromatic heterocycles. The van der Waals surface area contributed by atoms with Gasteiger partial charge in [0.25, 0.3) is 0 Å². The summed E-state index contributed by atoms with van der Waals surface area (Å²) in [6.45, 7) is 6.10. The summed E-state index contributed by atoms with van der Waals surface area (Å²) >= 11 is 0. The van der Waals surface area contributed by atoms with Gasteiger partial charge in [-0.2, -0.15) is 0 Å². The van der Waals surface area contributed by atoms with Gasteiger partial charge in [0.1, 0.15) is 13.1 Å². The highest BCUT2D eigenvalue weighted by atomic mass is 16.6. The topological polar surface area (TPSA) is 76.2 Å². The minimum Gasteiger partial charge on any atom is -0.464 e. The molecule has 0 fully saturated rings. The molecule has 7 nitrogen and oxygen atoms in total. The fourth-order valence-corrected chi connectivity index (χ4v) is 1.28. The van der Waals surface area contributed by atoms with Crippen LogP contribution in [0.15, 0.2) is 0 Å². The summed E-state index contributed by atoms with van der Waals surface area (Å²) in [4.78, 5) is 37.3. The van der Waals surface area contributed by atoms with Crippen LogP contribution in [0.5, 0.6) is 0 Å². The average molecular weight is 302 g/mol. The van der Waals surface area contributed by atoms with Gasteiger partial charge in [-0.05, 0) is 12.3 Å². The van der Waals surface area contributed by atoms with E-state index >= 15 is 0 Å². The summed E-state index contributed by atoms with van der Waals surface area (Å²) in [7, 11) is 2.96. The maximum absolute atomic E-state index is 11.9. The van der Waals surface area contributed by atoms with E-state index in [1.54, 1.807) is 0 Å². The standard InChI is InChI=1S/C14H26N2O5/c1-6-7-20-13(18)9-15(4)12(17)8-16(5)14(19)21-10-11(2)3/h11H,6-10H2,1-5H3. The van der Waals surface area contributed by atoms with Gasteiger partial charge in [-0.3, -0.25) is 9.59 Å². The number of ether oxygens (including phenoxy) is 2. The molecule has 2 amide bonds. The summed E-state index contributed by atoms with van der Waals surface area (Å²) < 4.78 is 9.90. The van der Waals surface area contributed by atoms with Crippen LogP contribution in [0.2, 0.25) is 0 Å².